The molecule has 94 valence electrons. The van der Waals surface area contributed by atoms with Crippen molar-refractivity contribution in [2.45, 2.75) is 6.54 Å². The molecule has 18 heavy (non-hydrogen) atoms. The fraction of sp³-hybridized carbons (Fsp3) is 0.200. The maximum atomic E-state index is 13.2. The predicted octanol–water partition coefficient (Wildman–Crippen LogP) is 3.50. The van der Waals surface area contributed by atoms with Gasteiger partial charge in [0.1, 0.15) is 5.82 Å². The van der Waals surface area contributed by atoms with Gasteiger partial charge in [-0.3, -0.25) is 0 Å². The van der Waals surface area contributed by atoms with Crippen LogP contribution in [0.2, 0.25) is 0 Å². The van der Waals surface area contributed by atoms with E-state index in [1.54, 1.807) is 13.1 Å². The molecule has 2 nitrogen and oxygen atoms in total. The van der Waals surface area contributed by atoms with Crippen molar-refractivity contribution in [1.29, 1.82) is 0 Å². The van der Waals surface area contributed by atoms with Gasteiger partial charge in [-0.05, 0) is 23.8 Å². The molecule has 0 radical (unpaired) electrons. The first-order chi connectivity index (χ1) is 8.70. The van der Waals surface area contributed by atoms with Gasteiger partial charge in [0, 0.05) is 20.6 Å². The number of hydrogen-bond donors (Lipinski definition) is 1. The molecule has 0 spiro atoms. The lowest BCUT2D eigenvalue weighted by Crippen LogP contribution is -2.17. The van der Waals surface area contributed by atoms with Gasteiger partial charge in [0.2, 0.25) is 0 Å². The van der Waals surface area contributed by atoms with Crippen LogP contribution in [0.25, 0.3) is 0 Å². The second-order valence-corrected chi connectivity index (χ2v) is 4.25. The number of rotatable bonds is 4. The molecule has 0 heterocycles. The molecule has 2 rings (SSSR count). The zero-order valence-electron chi connectivity index (χ0n) is 10.7. The van der Waals surface area contributed by atoms with Crippen molar-refractivity contribution in [2.24, 2.45) is 0 Å². The SMILES string of the molecule is CNc1cc(F)ccc1N(C)Cc1ccccc1. The van der Waals surface area contributed by atoms with Crippen molar-refractivity contribution in [3.8, 4) is 0 Å². The van der Waals surface area contributed by atoms with Gasteiger partial charge in [0.25, 0.3) is 0 Å². The summed E-state index contributed by atoms with van der Waals surface area (Å²) < 4.78 is 13.2. The lowest BCUT2D eigenvalue weighted by atomic mass is 10.2. The Kier molecular flexibility index (Phi) is 3.82. The number of nitrogens with one attached hydrogen (secondary N) is 1. The Bertz CT molecular complexity index is 511. The topological polar surface area (TPSA) is 15.3 Å². The van der Waals surface area contributed by atoms with Gasteiger partial charge in [0.15, 0.2) is 0 Å². The van der Waals surface area contributed by atoms with Gasteiger partial charge in [-0.1, -0.05) is 30.3 Å². The Morgan fingerprint density at radius 2 is 1.83 bits per heavy atom. The van der Waals surface area contributed by atoms with E-state index in [-0.39, 0.29) is 5.82 Å². The molecular weight excluding hydrogens is 227 g/mol. The van der Waals surface area contributed by atoms with E-state index < -0.39 is 0 Å². The van der Waals surface area contributed by atoms with Gasteiger partial charge < -0.3 is 10.2 Å². The Morgan fingerprint density at radius 3 is 2.50 bits per heavy atom. The van der Waals surface area contributed by atoms with Crippen LogP contribution in [0.3, 0.4) is 0 Å². The summed E-state index contributed by atoms with van der Waals surface area (Å²) in [5.74, 6) is -0.226. The van der Waals surface area contributed by atoms with Crippen LogP contribution >= 0.6 is 0 Å². The van der Waals surface area contributed by atoms with Crippen molar-refractivity contribution in [3.63, 3.8) is 0 Å². The smallest absolute Gasteiger partial charge is 0.125 e. The summed E-state index contributed by atoms with van der Waals surface area (Å²) in [5.41, 5.74) is 3.02. The van der Waals surface area contributed by atoms with Crippen molar-refractivity contribution < 1.29 is 4.39 Å². The van der Waals surface area contributed by atoms with E-state index in [2.05, 4.69) is 22.3 Å². The van der Waals surface area contributed by atoms with E-state index >= 15 is 0 Å². The molecule has 0 saturated carbocycles. The highest BCUT2D eigenvalue weighted by Gasteiger charge is 2.08. The lowest BCUT2D eigenvalue weighted by molar-refractivity contribution is 0.628. The molecule has 0 aliphatic rings. The fourth-order valence-corrected chi connectivity index (χ4v) is 1.98. The van der Waals surface area contributed by atoms with Crippen molar-refractivity contribution in [2.75, 3.05) is 24.3 Å². The van der Waals surface area contributed by atoms with Crippen LogP contribution in [0.1, 0.15) is 5.56 Å². The van der Waals surface area contributed by atoms with Gasteiger partial charge in [0.05, 0.1) is 11.4 Å². The average Bonchev–Trinajstić information content (AvgIpc) is 2.39. The minimum atomic E-state index is -0.226. The summed E-state index contributed by atoms with van der Waals surface area (Å²) in [6, 6.07) is 15.0. The van der Waals surface area contributed by atoms with E-state index in [9.17, 15) is 4.39 Å². The normalized spacial score (nSPS) is 10.2. The van der Waals surface area contributed by atoms with Crippen molar-refractivity contribution in [1.82, 2.24) is 0 Å². The highest BCUT2D eigenvalue weighted by atomic mass is 19.1. The molecule has 3 heteroatoms. The summed E-state index contributed by atoms with van der Waals surface area (Å²) in [7, 11) is 3.80. The Labute approximate surface area is 107 Å². The molecular formula is C15H17FN2. The summed E-state index contributed by atoms with van der Waals surface area (Å²) >= 11 is 0. The van der Waals surface area contributed by atoms with E-state index in [1.165, 1.54) is 17.7 Å². The second kappa shape index (κ2) is 5.54. The number of nitrogens with zero attached hydrogens (tertiary/aromatic N) is 1. The Hall–Kier alpha value is -2.03. The molecule has 0 atom stereocenters. The van der Waals surface area contributed by atoms with Crippen LogP contribution in [-0.2, 0) is 6.54 Å². The second-order valence-electron chi connectivity index (χ2n) is 4.25. The molecule has 0 bridgehead atoms. The van der Waals surface area contributed by atoms with Gasteiger partial charge in [-0.15, -0.1) is 0 Å². The lowest BCUT2D eigenvalue weighted by Gasteiger charge is -2.22. The third kappa shape index (κ3) is 2.80. The largest absolute Gasteiger partial charge is 0.386 e. The van der Waals surface area contributed by atoms with Gasteiger partial charge >= 0.3 is 0 Å². The summed E-state index contributed by atoms with van der Waals surface area (Å²) in [4.78, 5) is 2.10. The first-order valence-electron chi connectivity index (χ1n) is 5.93. The van der Waals surface area contributed by atoms with Crippen LogP contribution in [0.4, 0.5) is 15.8 Å². The number of hydrogen-bond acceptors (Lipinski definition) is 2. The number of benzene rings is 2. The zero-order valence-corrected chi connectivity index (χ0v) is 10.7. The third-order valence-electron chi connectivity index (χ3n) is 2.90. The van der Waals surface area contributed by atoms with Crippen molar-refractivity contribution >= 4 is 11.4 Å². The summed E-state index contributed by atoms with van der Waals surface area (Å²) in [6.07, 6.45) is 0. The van der Waals surface area contributed by atoms with Crippen LogP contribution in [0, 0.1) is 5.82 Å². The first-order valence-corrected chi connectivity index (χ1v) is 5.93. The molecule has 0 amide bonds. The maximum absolute atomic E-state index is 13.2. The zero-order chi connectivity index (χ0) is 13.0. The van der Waals surface area contributed by atoms with Gasteiger partial charge in [-0.2, -0.15) is 0 Å². The Morgan fingerprint density at radius 1 is 1.11 bits per heavy atom. The number of halogens is 1. The average molecular weight is 244 g/mol. The Balaban J connectivity index is 2.21. The minimum Gasteiger partial charge on any atom is -0.386 e. The summed E-state index contributed by atoms with van der Waals surface area (Å²) in [5, 5.41) is 3.02. The van der Waals surface area contributed by atoms with Crippen LogP contribution in [-0.4, -0.2) is 14.1 Å². The molecule has 0 aliphatic carbocycles. The molecule has 0 aliphatic heterocycles. The van der Waals surface area contributed by atoms with Gasteiger partial charge in [-0.25, -0.2) is 4.39 Å². The minimum absolute atomic E-state index is 0.226. The van der Waals surface area contributed by atoms with Crippen molar-refractivity contribution in [3.05, 3.63) is 59.9 Å². The fourth-order valence-electron chi connectivity index (χ4n) is 1.98. The van der Waals surface area contributed by atoms with E-state index in [0.717, 1.165) is 17.9 Å². The van der Waals surface area contributed by atoms with Crippen LogP contribution in [0.5, 0.6) is 0 Å². The maximum Gasteiger partial charge on any atom is 0.125 e. The molecule has 0 unspecified atom stereocenters. The monoisotopic (exact) mass is 244 g/mol. The van der Waals surface area contributed by atoms with E-state index in [4.69, 9.17) is 0 Å². The third-order valence-corrected chi connectivity index (χ3v) is 2.90. The van der Waals surface area contributed by atoms with Crippen LogP contribution in [0.15, 0.2) is 48.5 Å². The van der Waals surface area contributed by atoms with E-state index in [1.807, 2.05) is 25.2 Å². The molecule has 1 N–H and O–H groups in total. The molecule has 0 aromatic heterocycles. The van der Waals surface area contributed by atoms with Crippen LogP contribution < -0.4 is 10.2 Å². The highest BCUT2D eigenvalue weighted by molar-refractivity contribution is 5.69. The highest BCUT2D eigenvalue weighted by Crippen LogP contribution is 2.26. The molecule has 0 saturated heterocycles. The molecule has 2 aromatic rings. The van der Waals surface area contributed by atoms with E-state index in [0.29, 0.717) is 0 Å². The first kappa shape index (κ1) is 12.4. The predicted molar refractivity (Wildman–Crippen MR) is 74.5 cm³/mol. The summed E-state index contributed by atoms with van der Waals surface area (Å²) in [6.45, 7) is 0.793. The molecule has 2 aromatic carbocycles. The molecule has 0 fully saturated rings. The standard InChI is InChI=1S/C15H17FN2/c1-17-14-10-13(16)8-9-15(14)18(2)11-12-6-4-3-5-7-12/h3-10,17H,11H2,1-2H3. The quantitative estimate of drug-likeness (QED) is 0.885. The number of anilines is 2.